The van der Waals surface area contributed by atoms with E-state index in [1.807, 2.05) is 45.2 Å². The Morgan fingerprint density at radius 1 is 0.902 bits per heavy atom. The van der Waals surface area contributed by atoms with Crippen molar-refractivity contribution in [3.8, 4) is 21.7 Å². The molecule has 273 valence electrons. The summed E-state index contributed by atoms with van der Waals surface area (Å²) in [5.41, 5.74) is 7.69. The molecule has 5 aromatic rings. The van der Waals surface area contributed by atoms with Gasteiger partial charge in [0.05, 0.1) is 5.76 Å². The van der Waals surface area contributed by atoms with Gasteiger partial charge in [0.1, 0.15) is 0 Å². The number of thiophene rings is 1. The van der Waals surface area contributed by atoms with Crippen LogP contribution in [0.2, 0.25) is 0 Å². The molecule has 0 bridgehead atoms. The van der Waals surface area contributed by atoms with Crippen LogP contribution in [0.25, 0.3) is 42.6 Å². The van der Waals surface area contributed by atoms with Crippen molar-refractivity contribution in [2.24, 2.45) is 11.8 Å². The van der Waals surface area contributed by atoms with Gasteiger partial charge in [0.2, 0.25) is 0 Å². The second kappa shape index (κ2) is 19.1. The van der Waals surface area contributed by atoms with Crippen LogP contribution in [0.5, 0.6) is 0 Å². The van der Waals surface area contributed by atoms with Crippen LogP contribution >= 0.6 is 11.3 Å². The van der Waals surface area contributed by atoms with Gasteiger partial charge in [-0.1, -0.05) is 114 Å². The molecule has 2 aromatic heterocycles. The number of rotatable bonds is 11. The molecule has 5 heteroatoms. The van der Waals surface area contributed by atoms with Crippen LogP contribution in [0.15, 0.2) is 78.7 Å². The monoisotopic (exact) mass is 879 g/mol. The van der Waals surface area contributed by atoms with E-state index in [2.05, 4.69) is 87.5 Å². The number of hydrogen-bond donors (Lipinski definition) is 1. The summed E-state index contributed by atoms with van der Waals surface area (Å²) in [4.78, 5) is 18.0. The number of aliphatic hydroxyl groups excluding tert-OH is 1. The number of ketones is 1. The van der Waals surface area contributed by atoms with Crippen molar-refractivity contribution in [3.63, 3.8) is 0 Å². The van der Waals surface area contributed by atoms with E-state index >= 15 is 0 Å². The normalized spacial score (nSPS) is 13.9. The molecule has 2 heterocycles. The first-order valence-corrected chi connectivity index (χ1v) is 19.9. The summed E-state index contributed by atoms with van der Waals surface area (Å²) in [5, 5.41) is 13.5. The number of carbonyl (C=O) groups is 1. The number of nitrogens with zero attached hydrogens (tertiary/aromatic N) is 1. The van der Waals surface area contributed by atoms with E-state index in [1.165, 1.54) is 86.2 Å². The summed E-state index contributed by atoms with van der Waals surface area (Å²) in [6.45, 7) is 14.9. The molecule has 1 aliphatic rings. The number of aromatic nitrogens is 1. The van der Waals surface area contributed by atoms with Gasteiger partial charge in [0.15, 0.2) is 5.78 Å². The second-order valence-electron chi connectivity index (χ2n) is 14.4. The number of allylic oxidation sites excluding steroid dienone is 2. The van der Waals surface area contributed by atoms with E-state index < -0.39 is 0 Å². The summed E-state index contributed by atoms with van der Waals surface area (Å²) in [6, 6.07) is 26.2. The maximum atomic E-state index is 11.7. The largest absolute Gasteiger partial charge is 0.512 e. The molecule has 0 aliphatic heterocycles. The molecule has 6 rings (SSSR count). The van der Waals surface area contributed by atoms with Gasteiger partial charge in [-0.2, -0.15) is 0 Å². The molecule has 51 heavy (non-hydrogen) atoms. The summed E-state index contributed by atoms with van der Waals surface area (Å²) >= 11 is 1.88. The summed E-state index contributed by atoms with van der Waals surface area (Å²) in [5.74, 6) is 1.73. The average Bonchev–Trinajstić information content (AvgIpc) is 3.49. The minimum absolute atomic E-state index is 0. The number of hydrogen-bond acceptors (Lipinski definition) is 4. The predicted molar refractivity (Wildman–Crippen MR) is 215 cm³/mol. The van der Waals surface area contributed by atoms with Crippen molar-refractivity contribution in [1.82, 2.24) is 4.98 Å². The van der Waals surface area contributed by atoms with E-state index in [9.17, 15) is 9.90 Å². The maximum absolute atomic E-state index is 11.7. The Kier molecular flexibility index (Phi) is 15.2. The van der Waals surface area contributed by atoms with E-state index in [1.54, 1.807) is 0 Å². The molecule has 1 radical (unpaired) electrons. The molecule has 3 nitrogen and oxygen atoms in total. The summed E-state index contributed by atoms with van der Waals surface area (Å²) in [6.07, 6.45) is 13.7. The standard InChI is InChI=1S/C33H32NS.C13H24O2.Ir/c1-21(2)30-20-27(19-26-11-7-8-12-29(26)30)31-33-28(17-18-34-31)22(3)32(35-33)25-15-13-24(14-16-25)23-9-5-4-6-10-23;1-5-10(6-2)12(14)9-13(15)11(7-3)8-4;/h7-8,11-18,20-21,23H,4-6,9-10H2,1-3H3;9-11,14H,5-8H2,1-4H3;/q-1;;/b;12-9-;. The number of fused-ring (bicyclic) bond motifs is 2. The second-order valence-corrected chi connectivity index (χ2v) is 15.4. The zero-order chi connectivity index (χ0) is 35.8. The van der Waals surface area contributed by atoms with Crippen LogP contribution in [0.1, 0.15) is 128 Å². The Bertz CT molecular complexity index is 1910. The Labute approximate surface area is 324 Å². The van der Waals surface area contributed by atoms with E-state index in [0.717, 1.165) is 42.9 Å². The third-order valence-electron chi connectivity index (χ3n) is 10.9. The number of aliphatic hydroxyl groups is 1. The molecular weight excluding hydrogens is 823 g/mol. The SMILES string of the molecule is CCC(CC)C(=O)/C=C(\O)C(CC)CC.Cc1c(-c2ccc(C3CCCCC3)cc2)sc2c(-c3[c-]c4ccccc4c(C(C)C)c3)nccc12.[Ir]. The summed E-state index contributed by atoms with van der Waals surface area (Å²) in [7, 11) is 0. The molecule has 1 aliphatic carbocycles. The molecule has 1 saturated carbocycles. The van der Waals surface area contributed by atoms with Gasteiger partial charge >= 0.3 is 0 Å². The van der Waals surface area contributed by atoms with Crippen LogP contribution in [0, 0.1) is 24.8 Å². The smallest absolute Gasteiger partial charge is 0.162 e. The molecule has 0 spiro atoms. The van der Waals surface area contributed by atoms with Crippen molar-refractivity contribution < 1.29 is 30.0 Å². The molecular formula is C46H56IrNO2S-. The Morgan fingerprint density at radius 3 is 2.18 bits per heavy atom. The third-order valence-corrected chi connectivity index (χ3v) is 12.2. The molecule has 1 fully saturated rings. The fraction of sp³-hybridized carbons (Fsp3) is 0.435. The van der Waals surface area contributed by atoms with Gasteiger partial charge in [0.25, 0.3) is 0 Å². The van der Waals surface area contributed by atoms with Crippen LogP contribution < -0.4 is 0 Å². The van der Waals surface area contributed by atoms with Gasteiger partial charge in [0, 0.05) is 59.5 Å². The van der Waals surface area contributed by atoms with E-state index in [-0.39, 0.29) is 43.5 Å². The van der Waals surface area contributed by atoms with Gasteiger partial charge in [-0.3, -0.25) is 9.78 Å². The van der Waals surface area contributed by atoms with Crippen LogP contribution in [-0.4, -0.2) is 15.9 Å². The minimum Gasteiger partial charge on any atom is -0.512 e. The molecule has 3 aromatic carbocycles. The molecule has 0 amide bonds. The van der Waals surface area contributed by atoms with Gasteiger partial charge in [-0.25, -0.2) is 0 Å². The Balaban J connectivity index is 0.000000312. The fourth-order valence-corrected chi connectivity index (χ4v) is 8.91. The van der Waals surface area contributed by atoms with Gasteiger partial charge in [-0.05, 0) is 85.4 Å². The average molecular weight is 879 g/mol. The van der Waals surface area contributed by atoms with Crippen molar-refractivity contribution in [2.45, 2.75) is 118 Å². The van der Waals surface area contributed by atoms with Crippen LogP contribution in [-0.2, 0) is 24.9 Å². The van der Waals surface area contributed by atoms with Crippen LogP contribution in [0.3, 0.4) is 0 Å². The first kappa shape index (κ1) is 40.7. The van der Waals surface area contributed by atoms with Crippen molar-refractivity contribution in [1.29, 1.82) is 0 Å². The predicted octanol–water partition coefficient (Wildman–Crippen LogP) is 13.9. The topological polar surface area (TPSA) is 50.2 Å². The molecule has 0 atom stereocenters. The molecule has 1 N–H and O–H groups in total. The molecule has 0 unspecified atom stereocenters. The van der Waals surface area contributed by atoms with Crippen LogP contribution in [0.4, 0.5) is 0 Å². The van der Waals surface area contributed by atoms with E-state index in [0.29, 0.717) is 5.92 Å². The first-order valence-electron chi connectivity index (χ1n) is 19.1. The third kappa shape index (κ3) is 9.47. The Morgan fingerprint density at radius 2 is 1.55 bits per heavy atom. The van der Waals surface area contributed by atoms with Gasteiger partial charge in [-0.15, -0.1) is 40.5 Å². The first-order chi connectivity index (χ1) is 24.2. The van der Waals surface area contributed by atoms with E-state index in [4.69, 9.17) is 4.98 Å². The quantitative estimate of drug-likeness (QED) is 0.0817. The molecule has 0 saturated heterocycles. The maximum Gasteiger partial charge on any atom is 0.162 e. The zero-order valence-electron chi connectivity index (χ0n) is 31.6. The van der Waals surface area contributed by atoms with Gasteiger partial charge < -0.3 is 5.11 Å². The van der Waals surface area contributed by atoms with Crippen molar-refractivity contribution >= 4 is 38.0 Å². The summed E-state index contributed by atoms with van der Waals surface area (Å²) < 4.78 is 1.26. The minimum atomic E-state index is 0. The number of pyridine rings is 1. The Hall–Kier alpha value is -3.11. The fourth-order valence-electron chi connectivity index (χ4n) is 7.60. The number of benzene rings is 3. The zero-order valence-corrected chi connectivity index (χ0v) is 34.9. The number of aryl methyl sites for hydroxylation is 1. The number of carbonyl (C=O) groups excluding carboxylic acids is 1. The van der Waals surface area contributed by atoms with Crippen molar-refractivity contribution in [2.75, 3.05) is 0 Å². The van der Waals surface area contributed by atoms with Crippen molar-refractivity contribution in [3.05, 3.63) is 101 Å².